The first-order valence-corrected chi connectivity index (χ1v) is 4.52. The molecular weight excluding hydrogens is 138 g/mol. The minimum Gasteiger partial charge on any atom is -0.307 e. The van der Waals surface area contributed by atoms with E-state index >= 15 is 0 Å². The Balaban J connectivity index is 2.39. The highest BCUT2D eigenvalue weighted by atomic mass is 16.1. The fourth-order valence-electron chi connectivity index (χ4n) is 1.47. The quantitative estimate of drug-likeness (QED) is 0.666. The van der Waals surface area contributed by atoms with Crippen LogP contribution in [0.15, 0.2) is 0 Å². The highest BCUT2D eigenvalue weighted by molar-refractivity contribution is 5.86. The smallest absolute Gasteiger partial charge is 0.152 e. The molecule has 0 bridgehead atoms. The highest BCUT2D eigenvalue weighted by Gasteiger charge is 2.24. The lowest BCUT2D eigenvalue weighted by atomic mass is 9.97. The maximum atomic E-state index is 11.5. The summed E-state index contributed by atoms with van der Waals surface area (Å²) in [6.07, 6.45) is 3.17. The summed E-state index contributed by atoms with van der Waals surface area (Å²) in [5.41, 5.74) is 0. The summed E-state index contributed by atoms with van der Waals surface area (Å²) in [4.78, 5) is 11.5. The third-order valence-corrected chi connectivity index (χ3v) is 2.50. The van der Waals surface area contributed by atoms with Crippen molar-refractivity contribution in [3.8, 4) is 0 Å². The van der Waals surface area contributed by atoms with Gasteiger partial charge in [-0.2, -0.15) is 0 Å². The zero-order valence-corrected chi connectivity index (χ0v) is 7.39. The average Bonchev–Trinajstić information content (AvgIpc) is 2.53. The van der Waals surface area contributed by atoms with Crippen LogP contribution in [0.2, 0.25) is 0 Å². The van der Waals surface area contributed by atoms with Gasteiger partial charge in [0.1, 0.15) is 0 Å². The van der Waals surface area contributed by atoms with Crippen molar-refractivity contribution in [2.24, 2.45) is 5.92 Å². The van der Waals surface area contributed by atoms with E-state index in [1.165, 1.54) is 0 Å². The van der Waals surface area contributed by atoms with Gasteiger partial charge in [-0.05, 0) is 25.8 Å². The maximum Gasteiger partial charge on any atom is 0.152 e. The molecule has 0 aliphatic carbocycles. The molecule has 0 amide bonds. The molecule has 1 heterocycles. The van der Waals surface area contributed by atoms with Gasteiger partial charge >= 0.3 is 0 Å². The lowest BCUT2D eigenvalue weighted by Gasteiger charge is -2.13. The number of nitrogens with one attached hydrogen (secondary N) is 1. The lowest BCUT2D eigenvalue weighted by Crippen LogP contribution is -2.34. The van der Waals surface area contributed by atoms with Crippen LogP contribution in [0.25, 0.3) is 0 Å². The third-order valence-electron chi connectivity index (χ3n) is 2.50. The number of hydrogen-bond donors (Lipinski definition) is 1. The Morgan fingerprint density at radius 3 is 2.91 bits per heavy atom. The molecule has 0 spiro atoms. The van der Waals surface area contributed by atoms with Crippen molar-refractivity contribution in [3.05, 3.63) is 0 Å². The van der Waals surface area contributed by atoms with E-state index in [1.54, 1.807) is 0 Å². The third kappa shape index (κ3) is 2.03. The minimum absolute atomic E-state index is 0.171. The molecule has 1 saturated heterocycles. The van der Waals surface area contributed by atoms with Gasteiger partial charge in [0, 0.05) is 5.92 Å². The molecule has 1 fully saturated rings. The van der Waals surface area contributed by atoms with Crippen LogP contribution in [0, 0.1) is 5.92 Å². The zero-order valence-electron chi connectivity index (χ0n) is 7.39. The Hall–Kier alpha value is -0.370. The summed E-state index contributed by atoms with van der Waals surface area (Å²) in [6.45, 7) is 5.10. The minimum atomic E-state index is 0.171. The van der Waals surface area contributed by atoms with Crippen molar-refractivity contribution in [2.45, 2.75) is 39.2 Å². The largest absolute Gasteiger partial charge is 0.307 e. The van der Waals surface area contributed by atoms with Gasteiger partial charge in [-0.3, -0.25) is 4.79 Å². The monoisotopic (exact) mass is 155 g/mol. The molecule has 2 atom stereocenters. The summed E-state index contributed by atoms with van der Waals surface area (Å²) >= 11 is 0. The van der Waals surface area contributed by atoms with E-state index in [9.17, 15) is 4.79 Å². The van der Waals surface area contributed by atoms with Crippen LogP contribution < -0.4 is 5.32 Å². The Morgan fingerprint density at radius 1 is 1.73 bits per heavy atom. The molecule has 0 aromatic rings. The number of Topliss-reactive ketones (excluding diaryl/α,β-unsaturated/α-hetero) is 1. The molecule has 0 saturated carbocycles. The second-order valence-corrected chi connectivity index (χ2v) is 3.36. The first-order chi connectivity index (χ1) is 5.25. The van der Waals surface area contributed by atoms with Gasteiger partial charge < -0.3 is 5.32 Å². The van der Waals surface area contributed by atoms with Gasteiger partial charge in [-0.25, -0.2) is 0 Å². The van der Waals surface area contributed by atoms with Gasteiger partial charge in [-0.1, -0.05) is 13.8 Å². The molecule has 2 nitrogen and oxygen atoms in total. The Bertz CT molecular complexity index is 138. The van der Waals surface area contributed by atoms with Crippen LogP contribution in [0.4, 0.5) is 0 Å². The first kappa shape index (κ1) is 8.72. The predicted molar refractivity (Wildman–Crippen MR) is 45.5 cm³/mol. The molecule has 1 aliphatic heterocycles. The first-order valence-electron chi connectivity index (χ1n) is 4.52. The molecule has 2 unspecified atom stereocenters. The number of carbonyl (C=O) groups is 1. The Labute approximate surface area is 68.4 Å². The van der Waals surface area contributed by atoms with Crippen LogP contribution in [0.3, 0.4) is 0 Å². The van der Waals surface area contributed by atoms with Crippen LogP contribution in [0.1, 0.15) is 33.1 Å². The van der Waals surface area contributed by atoms with Crippen molar-refractivity contribution in [3.63, 3.8) is 0 Å². The van der Waals surface area contributed by atoms with Crippen molar-refractivity contribution >= 4 is 5.78 Å². The second kappa shape index (κ2) is 3.86. The van der Waals surface area contributed by atoms with Crippen LogP contribution in [-0.2, 0) is 4.79 Å². The molecule has 11 heavy (non-hydrogen) atoms. The fourth-order valence-corrected chi connectivity index (χ4v) is 1.47. The molecule has 0 radical (unpaired) electrons. The molecule has 64 valence electrons. The number of ketones is 1. The molecule has 0 aromatic carbocycles. The molecule has 1 aliphatic rings. The summed E-state index contributed by atoms with van der Waals surface area (Å²) in [7, 11) is 0. The van der Waals surface area contributed by atoms with E-state index in [0.29, 0.717) is 5.78 Å². The highest BCUT2D eigenvalue weighted by Crippen LogP contribution is 2.12. The standard InChI is InChI=1S/C9H17NO/c1-3-7(2)9(11)8-5-4-6-10-8/h7-8,10H,3-6H2,1-2H3. The molecule has 0 aromatic heterocycles. The Kier molecular flexibility index (Phi) is 3.06. The van der Waals surface area contributed by atoms with E-state index in [2.05, 4.69) is 12.2 Å². The van der Waals surface area contributed by atoms with Gasteiger partial charge in [0.05, 0.1) is 6.04 Å². The number of rotatable bonds is 3. The summed E-state index contributed by atoms with van der Waals surface area (Å²) in [5, 5.41) is 3.22. The van der Waals surface area contributed by atoms with Crippen molar-refractivity contribution in [1.82, 2.24) is 5.32 Å². The van der Waals surface area contributed by atoms with Crippen LogP contribution in [-0.4, -0.2) is 18.4 Å². The van der Waals surface area contributed by atoms with Gasteiger partial charge in [0.25, 0.3) is 0 Å². The summed E-state index contributed by atoms with van der Waals surface area (Å²) < 4.78 is 0. The van der Waals surface area contributed by atoms with Gasteiger partial charge in [0.2, 0.25) is 0 Å². The Morgan fingerprint density at radius 2 is 2.45 bits per heavy atom. The van der Waals surface area contributed by atoms with Crippen molar-refractivity contribution in [2.75, 3.05) is 6.54 Å². The van der Waals surface area contributed by atoms with Gasteiger partial charge in [-0.15, -0.1) is 0 Å². The number of hydrogen-bond acceptors (Lipinski definition) is 2. The van der Waals surface area contributed by atoms with Crippen LogP contribution in [0.5, 0.6) is 0 Å². The second-order valence-electron chi connectivity index (χ2n) is 3.36. The van der Waals surface area contributed by atoms with Crippen molar-refractivity contribution in [1.29, 1.82) is 0 Å². The van der Waals surface area contributed by atoms with Gasteiger partial charge in [0.15, 0.2) is 5.78 Å². The average molecular weight is 155 g/mol. The molecule has 1 N–H and O–H groups in total. The number of carbonyl (C=O) groups excluding carboxylic acids is 1. The lowest BCUT2D eigenvalue weighted by molar-refractivity contribution is -0.124. The SMILES string of the molecule is CCC(C)C(=O)C1CCCN1. The van der Waals surface area contributed by atoms with E-state index < -0.39 is 0 Å². The zero-order chi connectivity index (χ0) is 8.27. The topological polar surface area (TPSA) is 29.1 Å². The molecular formula is C9H17NO. The summed E-state index contributed by atoms with van der Waals surface area (Å²) in [5.74, 6) is 0.649. The predicted octanol–water partition coefficient (Wildman–Crippen LogP) is 1.35. The van der Waals surface area contributed by atoms with Crippen LogP contribution >= 0.6 is 0 Å². The molecule has 1 rings (SSSR count). The van der Waals surface area contributed by atoms with E-state index in [4.69, 9.17) is 0 Å². The van der Waals surface area contributed by atoms with E-state index in [1.807, 2.05) is 6.92 Å². The van der Waals surface area contributed by atoms with E-state index in [0.717, 1.165) is 25.8 Å². The van der Waals surface area contributed by atoms with E-state index in [-0.39, 0.29) is 12.0 Å². The maximum absolute atomic E-state index is 11.5. The normalized spacial score (nSPS) is 26.9. The summed E-state index contributed by atoms with van der Waals surface area (Å²) in [6, 6.07) is 0.171. The molecule has 2 heteroatoms. The van der Waals surface area contributed by atoms with Crippen molar-refractivity contribution < 1.29 is 4.79 Å². The fraction of sp³-hybridized carbons (Fsp3) is 0.889.